The van der Waals surface area contributed by atoms with Crippen LogP contribution in [0.25, 0.3) is 0 Å². The Morgan fingerprint density at radius 2 is 0.867 bits per heavy atom. The largest absolute Gasteiger partial charge is 1.00 e. The van der Waals surface area contributed by atoms with Gasteiger partial charge in [-0.25, -0.2) is 8.42 Å². The first kappa shape index (κ1) is 33.7. The molecule has 0 radical (unpaired) electrons. The second kappa shape index (κ2) is 25.1. The van der Waals surface area contributed by atoms with Gasteiger partial charge in [-0.3, -0.25) is 0 Å². The summed E-state index contributed by atoms with van der Waals surface area (Å²) in [6.07, 6.45) is 25.9. The normalized spacial score (nSPS) is 12.6. The molecule has 0 aliphatic rings. The predicted octanol–water partition coefficient (Wildman–Crippen LogP) is 4.11. The molecule has 0 aromatic heterocycles. The topological polar surface area (TPSA) is 77.4 Å². The van der Waals surface area contributed by atoms with E-state index in [1.54, 1.807) is 0 Å². The smallest absolute Gasteiger partial charge is 0.748 e. The van der Waals surface area contributed by atoms with Crippen molar-refractivity contribution in [2.24, 2.45) is 0 Å². The molecule has 0 aromatic carbocycles. The van der Waals surface area contributed by atoms with Crippen molar-refractivity contribution in [3.8, 4) is 0 Å². The van der Waals surface area contributed by atoms with E-state index in [2.05, 4.69) is 6.92 Å². The van der Waals surface area contributed by atoms with Gasteiger partial charge in [0.2, 0.25) is 0 Å². The van der Waals surface area contributed by atoms with E-state index >= 15 is 0 Å². The van der Waals surface area contributed by atoms with Crippen molar-refractivity contribution < 1.29 is 69.5 Å². The third-order valence-corrected chi connectivity index (χ3v) is 6.58. The zero-order valence-electron chi connectivity index (χ0n) is 20.2. The number of rotatable bonds is 23. The van der Waals surface area contributed by atoms with E-state index < -0.39 is 22.0 Å². The molecule has 30 heavy (non-hydrogen) atoms. The summed E-state index contributed by atoms with van der Waals surface area (Å²) in [6.45, 7) is 2.27. The minimum atomic E-state index is -4.30. The fourth-order valence-electron chi connectivity index (χ4n) is 3.95. The molecule has 1 atom stereocenters. The van der Waals surface area contributed by atoms with Crippen molar-refractivity contribution in [2.75, 3.05) is 5.75 Å². The van der Waals surface area contributed by atoms with Gasteiger partial charge in [0, 0.05) is 0 Å². The van der Waals surface area contributed by atoms with E-state index in [4.69, 9.17) is 0 Å². The zero-order chi connectivity index (χ0) is 21.6. The molecule has 0 amide bonds. The van der Waals surface area contributed by atoms with Crippen LogP contribution in [0.2, 0.25) is 0 Å². The number of hydrogen-bond donors (Lipinski definition) is 1. The molecule has 0 aliphatic heterocycles. The van der Waals surface area contributed by atoms with Crippen molar-refractivity contribution in [3.63, 3.8) is 0 Å². The number of aliphatic hydroxyl groups is 1. The van der Waals surface area contributed by atoms with Crippen LogP contribution >= 0.6 is 0 Å². The average Bonchev–Trinajstić information content (AvgIpc) is 2.65. The first-order valence-corrected chi connectivity index (χ1v) is 14.1. The van der Waals surface area contributed by atoms with Crippen LogP contribution in [-0.2, 0) is 10.1 Å². The minimum Gasteiger partial charge on any atom is -0.748 e. The summed E-state index contributed by atoms with van der Waals surface area (Å²) < 4.78 is 31.6. The molecule has 0 spiro atoms. The summed E-state index contributed by atoms with van der Waals surface area (Å²) in [6, 6.07) is 0. The third kappa shape index (κ3) is 29.5. The molecule has 1 N–H and O–H groups in total. The Hall–Kier alpha value is 1.51. The van der Waals surface area contributed by atoms with Crippen LogP contribution in [0.5, 0.6) is 0 Å². The summed E-state index contributed by atoms with van der Waals surface area (Å²) in [5.74, 6) is -0.647. The number of hydrogen-bond acceptors (Lipinski definition) is 4. The molecule has 1 unspecified atom stereocenters. The minimum absolute atomic E-state index is 0. The Morgan fingerprint density at radius 1 is 0.600 bits per heavy atom. The average molecular weight is 473 g/mol. The number of aliphatic hydroxyl groups excluding tert-OH is 1. The Labute approximate surface area is 230 Å². The second-order valence-corrected chi connectivity index (χ2v) is 10.3. The maximum atomic E-state index is 10.5. The van der Waals surface area contributed by atoms with Crippen LogP contribution in [0.15, 0.2) is 0 Å². The molecule has 0 saturated heterocycles. The Balaban J connectivity index is 0. The summed E-state index contributed by atoms with van der Waals surface area (Å²) in [4.78, 5) is 0. The molecule has 0 aliphatic carbocycles. The van der Waals surface area contributed by atoms with Gasteiger partial charge in [0.05, 0.1) is 22.0 Å². The van der Waals surface area contributed by atoms with Gasteiger partial charge in [0.15, 0.2) is 0 Å². The van der Waals surface area contributed by atoms with E-state index in [0.717, 1.165) is 19.3 Å². The van der Waals surface area contributed by atoms with Crippen molar-refractivity contribution in [3.05, 3.63) is 0 Å². The van der Waals surface area contributed by atoms with E-state index in [1.165, 1.54) is 109 Å². The van der Waals surface area contributed by atoms with E-state index in [-0.39, 0.29) is 51.4 Å². The van der Waals surface area contributed by atoms with E-state index in [1.807, 2.05) is 0 Å². The van der Waals surface area contributed by atoms with Gasteiger partial charge >= 0.3 is 51.4 Å². The van der Waals surface area contributed by atoms with E-state index in [9.17, 15) is 18.1 Å². The fraction of sp³-hybridized carbons (Fsp3) is 1.00. The summed E-state index contributed by atoms with van der Waals surface area (Å²) in [7, 11) is -4.30. The van der Waals surface area contributed by atoms with Crippen LogP contribution in [-0.4, -0.2) is 29.9 Å². The van der Waals surface area contributed by atoms with Crippen molar-refractivity contribution in [1.82, 2.24) is 0 Å². The van der Waals surface area contributed by atoms with Crippen molar-refractivity contribution in [2.45, 2.75) is 148 Å². The Kier molecular flexibility index (Phi) is 28.2. The monoisotopic (exact) mass is 472 g/mol. The van der Waals surface area contributed by atoms with Gasteiger partial charge in [-0.2, -0.15) is 0 Å². The maximum Gasteiger partial charge on any atom is 1.00 e. The molecule has 6 heteroatoms. The first-order chi connectivity index (χ1) is 14.0. The van der Waals surface area contributed by atoms with E-state index in [0.29, 0.717) is 6.42 Å². The van der Waals surface area contributed by atoms with Gasteiger partial charge in [-0.05, 0) is 6.42 Å². The standard InChI is InChI=1S/C24H50O4S.K/c1-2-3-4-5-6-7-8-9-10-11-12-13-14-15-16-17-18-19-20-21-22-24(25)23-29(26,27)28;/h24-25H,2-23H2,1H3,(H,26,27,28);/q;+1/p-1. The predicted molar refractivity (Wildman–Crippen MR) is 123 cm³/mol. The molecule has 0 saturated carbocycles. The maximum absolute atomic E-state index is 10.5. The summed E-state index contributed by atoms with van der Waals surface area (Å²) in [5, 5.41) is 9.46. The molecular weight excluding hydrogens is 423 g/mol. The van der Waals surface area contributed by atoms with Gasteiger partial charge in [-0.15, -0.1) is 0 Å². The molecule has 4 nitrogen and oxygen atoms in total. The molecule has 0 heterocycles. The third-order valence-electron chi connectivity index (χ3n) is 5.79. The van der Waals surface area contributed by atoms with Crippen LogP contribution in [0.4, 0.5) is 0 Å². The van der Waals surface area contributed by atoms with Gasteiger partial charge in [-0.1, -0.05) is 135 Å². The molecule has 0 fully saturated rings. The zero-order valence-corrected chi connectivity index (χ0v) is 24.2. The van der Waals surface area contributed by atoms with Gasteiger partial charge in [0.25, 0.3) is 0 Å². The Bertz CT molecular complexity index is 429. The fourth-order valence-corrected chi connectivity index (χ4v) is 4.59. The van der Waals surface area contributed by atoms with Crippen molar-refractivity contribution in [1.29, 1.82) is 0 Å². The molecule has 0 aromatic rings. The van der Waals surface area contributed by atoms with Crippen LogP contribution in [0.1, 0.15) is 142 Å². The first-order valence-electron chi connectivity index (χ1n) is 12.6. The molecule has 0 rings (SSSR count). The summed E-state index contributed by atoms with van der Waals surface area (Å²) >= 11 is 0. The molecular formula is C24H49KO4S. The molecule has 0 bridgehead atoms. The Morgan fingerprint density at radius 3 is 1.13 bits per heavy atom. The summed E-state index contributed by atoms with van der Waals surface area (Å²) in [5.41, 5.74) is 0. The second-order valence-electron chi connectivity index (χ2n) is 8.88. The SMILES string of the molecule is CCCCCCCCCCCCCCCCCCCCCCC(O)CS(=O)(=O)[O-].[K+]. The van der Waals surface area contributed by atoms with Crippen LogP contribution in [0.3, 0.4) is 0 Å². The number of unbranched alkanes of at least 4 members (excludes halogenated alkanes) is 19. The van der Waals surface area contributed by atoms with Crippen LogP contribution < -0.4 is 51.4 Å². The van der Waals surface area contributed by atoms with Gasteiger partial charge in [0.1, 0.15) is 0 Å². The van der Waals surface area contributed by atoms with Crippen molar-refractivity contribution >= 4 is 10.1 Å². The molecule has 176 valence electrons. The van der Waals surface area contributed by atoms with Crippen LogP contribution in [0, 0.1) is 0 Å². The van der Waals surface area contributed by atoms with Gasteiger partial charge < -0.3 is 9.66 Å². The quantitative estimate of drug-likeness (QED) is 0.138.